The molecule has 0 saturated carbocycles. The highest BCUT2D eigenvalue weighted by Crippen LogP contribution is 2.15. The summed E-state index contributed by atoms with van der Waals surface area (Å²) in [4.78, 5) is 0. The molecular formula is C11H13NO. The Kier molecular flexibility index (Phi) is 3.87. The van der Waals surface area contributed by atoms with Crippen molar-refractivity contribution in [3.63, 3.8) is 0 Å². The quantitative estimate of drug-likeness (QED) is 0.689. The number of ether oxygens (including phenoxy) is 1. The summed E-state index contributed by atoms with van der Waals surface area (Å²) >= 11 is 0. The number of nitrogens with two attached hydrogens (primary N) is 1. The first-order valence-electron chi connectivity index (χ1n) is 4.29. The van der Waals surface area contributed by atoms with E-state index in [1.807, 2.05) is 31.2 Å². The van der Waals surface area contributed by atoms with Crippen LogP contribution in [0.2, 0.25) is 0 Å². The van der Waals surface area contributed by atoms with Crippen LogP contribution >= 0.6 is 0 Å². The number of benzene rings is 1. The molecule has 0 atom stereocenters. The van der Waals surface area contributed by atoms with Crippen LogP contribution in [-0.2, 0) is 0 Å². The van der Waals surface area contributed by atoms with Crippen molar-refractivity contribution in [3.8, 4) is 17.6 Å². The zero-order chi connectivity index (χ0) is 9.52. The molecule has 13 heavy (non-hydrogen) atoms. The summed E-state index contributed by atoms with van der Waals surface area (Å²) in [6.45, 7) is 2.98. The molecular weight excluding hydrogens is 162 g/mol. The largest absolute Gasteiger partial charge is 0.493 e. The number of para-hydroxylation sites is 1. The summed E-state index contributed by atoms with van der Waals surface area (Å²) in [5.74, 6) is 6.58. The number of hydrogen-bond acceptors (Lipinski definition) is 2. The third-order valence-electron chi connectivity index (χ3n) is 1.51. The predicted molar refractivity (Wildman–Crippen MR) is 53.5 cm³/mol. The summed E-state index contributed by atoms with van der Waals surface area (Å²) in [5.41, 5.74) is 6.18. The first-order chi connectivity index (χ1) is 6.38. The molecule has 2 N–H and O–H groups in total. The van der Waals surface area contributed by atoms with Gasteiger partial charge in [-0.05, 0) is 19.1 Å². The Bertz CT molecular complexity index is 322. The van der Waals surface area contributed by atoms with E-state index in [-0.39, 0.29) is 0 Å². The lowest BCUT2D eigenvalue weighted by atomic mass is 10.2. The maximum atomic E-state index is 5.39. The van der Waals surface area contributed by atoms with Crippen molar-refractivity contribution in [2.24, 2.45) is 5.73 Å². The zero-order valence-corrected chi connectivity index (χ0v) is 7.71. The van der Waals surface area contributed by atoms with E-state index in [9.17, 15) is 0 Å². The first kappa shape index (κ1) is 9.63. The molecule has 0 saturated heterocycles. The Hall–Kier alpha value is -1.46. The predicted octanol–water partition coefficient (Wildman–Crippen LogP) is 1.40. The summed E-state index contributed by atoms with van der Waals surface area (Å²) in [6, 6.07) is 7.69. The monoisotopic (exact) mass is 175 g/mol. The standard InChI is InChI=1S/C11H13NO/c1-2-13-11-8-4-3-6-10(11)7-5-9-12/h3-4,6,8H,2,9,12H2,1H3. The van der Waals surface area contributed by atoms with Crippen molar-refractivity contribution < 1.29 is 4.74 Å². The van der Waals surface area contributed by atoms with Crippen molar-refractivity contribution in [2.75, 3.05) is 13.2 Å². The maximum absolute atomic E-state index is 5.39. The fourth-order valence-corrected chi connectivity index (χ4v) is 0.998. The summed E-state index contributed by atoms with van der Waals surface area (Å²) in [7, 11) is 0. The molecule has 0 bridgehead atoms. The van der Waals surface area contributed by atoms with Gasteiger partial charge < -0.3 is 10.5 Å². The van der Waals surface area contributed by atoms with Gasteiger partial charge in [0, 0.05) is 0 Å². The van der Waals surface area contributed by atoms with Gasteiger partial charge in [0.25, 0.3) is 0 Å². The second kappa shape index (κ2) is 5.23. The molecule has 0 fully saturated rings. The maximum Gasteiger partial charge on any atom is 0.134 e. The van der Waals surface area contributed by atoms with E-state index in [1.54, 1.807) is 0 Å². The van der Waals surface area contributed by atoms with Gasteiger partial charge in [-0.25, -0.2) is 0 Å². The van der Waals surface area contributed by atoms with Crippen molar-refractivity contribution in [1.82, 2.24) is 0 Å². The SMILES string of the molecule is CCOc1ccccc1C#CCN. The third-order valence-corrected chi connectivity index (χ3v) is 1.51. The highest BCUT2D eigenvalue weighted by Gasteiger charge is 1.96. The van der Waals surface area contributed by atoms with E-state index in [0.29, 0.717) is 13.2 Å². The Morgan fingerprint density at radius 1 is 1.38 bits per heavy atom. The Morgan fingerprint density at radius 3 is 2.85 bits per heavy atom. The first-order valence-corrected chi connectivity index (χ1v) is 4.29. The highest BCUT2D eigenvalue weighted by molar-refractivity contribution is 5.45. The summed E-state index contributed by atoms with van der Waals surface area (Å²) in [5, 5.41) is 0. The van der Waals surface area contributed by atoms with Crippen LogP contribution in [0.3, 0.4) is 0 Å². The lowest BCUT2D eigenvalue weighted by Crippen LogP contribution is -1.95. The minimum absolute atomic E-state index is 0.375. The van der Waals surface area contributed by atoms with E-state index < -0.39 is 0 Å². The molecule has 0 aliphatic heterocycles. The molecule has 0 aromatic heterocycles. The van der Waals surface area contributed by atoms with Gasteiger partial charge in [0.1, 0.15) is 5.75 Å². The van der Waals surface area contributed by atoms with Crippen LogP contribution < -0.4 is 10.5 Å². The van der Waals surface area contributed by atoms with Crippen molar-refractivity contribution in [3.05, 3.63) is 29.8 Å². The molecule has 68 valence electrons. The lowest BCUT2D eigenvalue weighted by Gasteiger charge is -2.04. The van der Waals surface area contributed by atoms with E-state index in [2.05, 4.69) is 11.8 Å². The Morgan fingerprint density at radius 2 is 2.15 bits per heavy atom. The molecule has 0 heterocycles. The minimum atomic E-state index is 0.375. The fraction of sp³-hybridized carbons (Fsp3) is 0.273. The topological polar surface area (TPSA) is 35.2 Å². The fourth-order valence-electron chi connectivity index (χ4n) is 0.998. The molecule has 0 aliphatic rings. The van der Waals surface area contributed by atoms with Crippen LogP contribution in [0.15, 0.2) is 24.3 Å². The molecule has 2 heteroatoms. The van der Waals surface area contributed by atoms with Gasteiger partial charge in [0.05, 0.1) is 18.7 Å². The van der Waals surface area contributed by atoms with Crippen LogP contribution in [0.5, 0.6) is 5.75 Å². The average molecular weight is 175 g/mol. The second-order valence-corrected chi connectivity index (χ2v) is 2.44. The van der Waals surface area contributed by atoms with Gasteiger partial charge in [0.15, 0.2) is 0 Å². The molecule has 1 rings (SSSR count). The molecule has 0 radical (unpaired) electrons. The molecule has 0 amide bonds. The van der Waals surface area contributed by atoms with Gasteiger partial charge in [0.2, 0.25) is 0 Å². The van der Waals surface area contributed by atoms with Crippen molar-refractivity contribution in [1.29, 1.82) is 0 Å². The summed E-state index contributed by atoms with van der Waals surface area (Å²) in [6.07, 6.45) is 0. The smallest absolute Gasteiger partial charge is 0.134 e. The number of rotatable bonds is 2. The highest BCUT2D eigenvalue weighted by atomic mass is 16.5. The molecule has 0 spiro atoms. The minimum Gasteiger partial charge on any atom is -0.493 e. The zero-order valence-electron chi connectivity index (χ0n) is 7.71. The molecule has 0 aliphatic carbocycles. The Labute approximate surface area is 78.7 Å². The van der Waals surface area contributed by atoms with Crippen LogP contribution in [-0.4, -0.2) is 13.2 Å². The number of hydrogen-bond donors (Lipinski definition) is 1. The van der Waals surface area contributed by atoms with E-state index in [1.165, 1.54) is 0 Å². The summed E-state index contributed by atoms with van der Waals surface area (Å²) < 4.78 is 5.39. The molecule has 0 unspecified atom stereocenters. The average Bonchev–Trinajstić information content (AvgIpc) is 2.17. The lowest BCUT2D eigenvalue weighted by molar-refractivity contribution is 0.339. The molecule has 1 aromatic carbocycles. The van der Waals surface area contributed by atoms with E-state index in [0.717, 1.165) is 11.3 Å². The van der Waals surface area contributed by atoms with Crippen LogP contribution in [0.1, 0.15) is 12.5 Å². The van der Waals surface area contributed by atoms with E-state index in [4.69, 9.17) is 10.5 Å². The van der Waals surface area contributed by atoms with Crippen molar-refractivity contribution in [2.45, 2.75) is 6.92 Å². The van der Waals surface area contributed by atoms with Gasteiger partial charge in [-0.1, -0.05) is 24.0 Å². The molecule has 1 aromatic rings. The van der Waals surface area contributed by atoms with E-state index >= 15 is 0 Å². The normalized spacial score (nSPS) is 8.77. The van der Waals surface area contributed by atoms with Crippen molar-refractivity contribution >= 4 is 0 Å². The van der Waals surface area contributed by atoms with Gasteiger partial charge >= 0.3 is 0 Å². The second-order valence-electron chi connectivity index (χ2n) is 2.44. The molecule has 2 nitrogen and oxygen atoms in total. The van der Waals surface area contributed by atoms with Gasteiger partial charge in [-0.2, -0.15) is 0 Å². The van der Waals surface area contributed by atoms with Gasteiger partial charge in [-0.3, -0.25) is 0 Å². The van der Waals surface area contributed by atoms with Gasteiger partial charge in [-0.15, -0.1) is 0 Å². The van der Waals surface area contributed by atoms with Crippen LogP contribution in [0.25, 0.3) is 0 Å². The van der Waals surface area contributed by atoms with Crippen LogP contribution in [0.4, 0.5) is 0 Å². The third kappa shape index (κ3) is 2.81. The Balaban J connectivity index is 2.90. The van der Waals surface area contributed by atoms with Crippen LogP contribution in [0, 0.1) is 11.8 Å².